The van der Waals surface area contributed by atoms with Crippen molar-refractivity contribution < 1.29 is 4.79 Å². The van der Waals surface area contributed by atoms with Crippen LogP contribution < -0.4 is 10.2 Å². The van der Waals surface area contributed by atoms with Crippen LogP contribution in [0.1, 0.15) is 15.9 Å². The van der Waals surface area contributed by atoms with Crippen LogP contribution in [0.3, 0.4) is 0 Å². The second-order valence-electron chi connectivity index (χ2n) is 8.41. The molecule has 6 heteroatoms. The Balaban J connectivity index is 1.14. The Bertz CT molecular complexity index is 1200. The van der Waals surface area contributed by atoms with E-state index in [9.17, 15) is 4.79 Å². The van der Waals surface area contributed by atoms with Crippen molar-refractivity contribution in [3.05, 3.63) is 108 Å². The van der Waals surface area contributed by atoms with Crippen molar-refractivity contribution in [2.24, 2.45) is 0 Å². The average Bonchev–Trinajstić information content (AvgIpc) is 2.91. The van der Waals surface area contributed by atoms with Crippen molar-refractivity contribution in [1.29, 1.82) is 0 Å². The lowest BCUT2D eigenvalue weighted by molar-refractivity contribution is 0.102. The molecule has 1 N–H and O–H groups in total. The first kappa shape index (κ1) is 21.8. The standard InChI is InChI=1S/C28H27N5O/c34-28(24-19-29-27(30-20-24)23-9-5-2-6-10-23)31-25-11-13-26(14-12-25)33-17-15-32(16-18-33)21-22-7-3-1-4-8-22/h1-14,19-20H,15-18,21H2,(H,31,34). The summed E-state index contributed by atoms with van der Waals surface area (Å²) in [6.45, 7) is 5.04. The normalized spacial score (nSPS) is 14.1. The van der Waals surface area contributed by atoms with E-state index in [1.165, 1.54) is 11.3 Å². The summed E-state index contributed by atoms with van der Waals surface area (Å²) in [5.74, 6) is 0.382. The molecule has 1 fully saturated rings. The number of aromatic nitrogens is 2. The summed E-state index contributed by atoms with van der Waals surface area (Å²) in [5.41, 5.74) is 4.64. The van der Waals surface area contributed by atoms with E-state index in [-0.39, 0.29) is 5.91 Å². The lowest BCUT2D eigenvalue weighted by Crippen LogP contribution is -2.45. The summed E-state index contributed by atoms with van der Waals surface area (Å²) in [6, 6.07) is 28.4. The third kappa shape index (κ3) is 5.30. The number of benzene rings is 3. The predicted molar refractivity (Wildman–Crippen MR) is 136 cm³/mol. The van der Waals surface area contributed by atoms with Crippen LogP contribution in [-0.4, -0.2) is 47.0 Å². The number of piperazine rings is 1. The lowest BCUT2D eigenvalue weighted by atomic mass is 10.2. The molecular formula is C28H27N5O. The molecular weight excluding hydrogens is 422 g/mol. The Labute approximate surface area is 199 Å². The molecule has 1 aliphatic heterocycles. The van der Waals surface area contributed by atoms with Gasteiger partial charge in [0.05, 0.1) is 5.56 Å². The summed E-state index contributed by atoms with van der Waals surface area (Å²) in [7, 11) is 0. The zero-order valence-corrected chi connectivity index (χ0v) is 19.0. The van der Waals surface area contributed by atoms with E-state index >= 15 is 0 Å². The summed E-state index contributed by atoms with van der Waals surface area (Å²) >= 11 is 0. The fourth-order valence-corrected chi connectivity index (χ4v) is 4.15. The monoisotopic (exact) mass is 449 g/mol. The van der Waals surface area contributed by atoms with Gasteiger partial charge in [0.2, 0.25) is 0 Å². The van der Waals surface area contributed by atoms with E-state index in [0.29, 0.717) is 11.4 Å². The first-order chi connectivity index (χ1) is 16.7. The van der Waals surface area contributed by atoms with Crippen molar-refractivity contribution in [3.63, 3.8) is 0 Å². The molecule has 0 spiro atoms. The zero-order chi connectivity index (χ0) is 23.2. The minimum Gasteiger partial charge on any atom is -0.369 e. The van der Waals surface area contributed by atoms with Crippen LogP contribution in [0.2, 0.25) is 0 Å². The molecule has 1 aromatic heterocycles. The fraction of sp³-hybridized carbons (Fsp3) is 0.179. The van der Waals surface area contributed by atoms with Gasteiger partial charge in [-0.3, -0.25) is 9.69 Å². The molecule has 0 radical (unpaired) electrons. The van der Waals surface area contributed by atoms with Crippen molar-refractivity contribution >= 4 is 17.3 Å². The molecule has 6 nitrogen and oxygen atoms in total. The highest BCUT2D eigenvalue weighted by molar-refractivity contribution is 6.04. The Morgan fingerprint density at radius 2 is 1.38 bits per heavy atom. The van der Waals surface area contributed by atoms with Crippen LogP contribution in [-0.2, 0) is 6.54 Å². The van der Waals surface area contributed by atoms with E-state index < -0.39 is 0 Å². The third-order valence-electron chi connectivity index (χ3n) is 6.06. The number of nitrogens with zero attached hydrogens (tertiary/aromatic N) is 4. The molecule has 0 aliphatic carbocycles. The van der Waals surface area contributed by atoms with E-state index in [1.807, 2.05) is 42.5 Å². The molecule has 0 unspecified atom stereocenters. The van der Waals surface area contributed by atoms with Crippen molar-refractivity contribution in [1.82, 2.24) is 14.9 Å². The predicted octanol–water partition coefficient (Wildman–Crippen LogP) is 4.72. The third-order valence-corrected chi connectivity index (χ3v) is 6.06. The fourth-order valence-electron chi connectivity index (χ4n) is 4.15. The van der Waals surface area contributed by atoms with Gasteiger partial charge in [-0.15, -0.1) is 0 Å². The van der Waals surface area contributed by atoms with E-state index in [0.717, 1.165) is 44.0 Å². The van der Waals surface area contributed by atoms with Crippen LogP contribution in [0.15, 0.2) is 97.3 Å². The number of rotatable bonds is 6. The molecule has 0 bridgehead atoms. The molecule has 4 aromatic rings. The molecule has 34 heavy (non-hydrogen) atoms. The minimum atomic E-state index is -0.220. The van der Waals surface area contributed by atoms with Gasteiger partial charge in [0, 0.05) is 62.1 Å². The molecule has 2 heterocycles. The Hall–Kier alpha value is -4.03. The van der Waals surface area contributed by atoms with Gasteiger partial charge in [0.15, 0.2) is 5.82 Å². The summed E-state index contributed by atoms with van der Waals surface area (Å²) in [5, 5.41) is 2.94. The maximum absolute atomic E-state index is 12.6. The van der Waals surface area contributed by atoms with E-state index in [1.54, 1.807) is 12.4 Å². The van der Waals surface area contributed by atoms with Gasteiger partial charge in [0.1, 0.15) is 0 Å². The number of hydrogen-bond acceptors (Lipinski definition) is 5. The molecule has 5 rings (SSSR count). The molecule has 0 saturated carbocycles. The second kappa shape index (κ2) is 10.3. The number of hydrogen-bond donors (Lipinski definition) is 1. The van der Waals surface area contributed by atoms with Gasteiger partial charge >= 0.3 is 0 Å². The number of amides is 1. The Morgan fingerprint density at radius 3 is 2.03 bits per heavy atom. The summed E-state index contributed by atoms with van der Waals surface area (Å²) < 4.78 is 0. The summed E-state index contributed by atoms with van der Waals surface area (Å²) in [4.78, 5) is 26.2. The summed E-state index contributed by atoms with van der Waals surface area (Å²) in [6.07, 6.45) is 3.13. The largest absolute Gasteiger partial charge is 0.369 e. The molecule has 1 saturated heterocycles. The minimum absolute atomic E-state index is 0.220. The van der Waals surface area contributed by atoms with Crippen LogP contribution in [0.25, 0.3) is 11.4 Å². The second-order valence-corrected chi connectivity index (χ2v) is 8.41. The highest BCUT2D eigenvalue weighted by atomic mass is 16.1. The topological polar surface area (TPSA) is 61.4 Å². The van der Waals surface area contributed by atoms with Crippen molar-refractivity contribution in [3.8, 4) is 11.4 Å². The Morgan fingerprint density at radius 1 is 0.765 bits per heavy atom. The average molecular weight is 450 g/mol. The van der Waals surface area contributed by atoms with Crippen LogP contribution in [0, 0.1) is 0 Å². The zero-order valence-electron chi connectivity index (χ0n) is 19.0. The molecule has 1 amide bonds. The molecule has 170 valence electrons. The van der Waals surface area contributed by atoms with Gasteiger partial charge in [-0.1, -0.05) is 60.7 Å². The van der Waals surface area contributed by atoms with E-state index in [2.05, 4.69) is 67.5 Å². The maximum atomic E-state index is 12.6. The van der Waals surface area contributed by atoms with Gasteiger partial charge in [0.25, 0.3) is 5.91 Å². The smallest absolute Gasteiger partial charge is 0.258 e. The van der Waals surface area contributed by atoms with Gasteiger partial charge in [-0.25, -0.2) is 9.97 Å². The van der Waals surface area contributed by atoms with Crippen molar-refractivity contribution in [2.75, 3.05) is 36.4 Å². The van der Waals surface area contributed by atoms with Crippen molar-refractivity contribution in [2.45, 2.75) is 6.54 Å². The highest BCUT2D eigenvalue weighted by Gasteiger charge is 2.17. The highest BCUT2D eigenvalue weighted by Crippen LogP contribution is 2.21. The number of carbonyl (C=O) groups is 1. The van der Waals surface area contributed by atoms with Gasteiger partial charge in [-0.2, -0.15) is 0 Å². The van der Waals surface area contributed by atoms with Gasteiger partial charge < -0.3 is 10.2 Å². The quantitative estimate of drug-likeness (QED) is 0.462. The molecule has 0 atom stereocenters. The first-order valence-corrected chi connectivity index (χ1v) is 11.5. The number of nitrogens with one attached hydrogen (secondary N) is 1. The maximum Gasteiger partial charge on any atom is 0.258 e. The van der Waals surface area contributed by atoms with Crippen LogP contribution in [0.4, 0.5) is 11.4 Å². The number of anilines is 2. The van der Waals surface area contributed by atoms with Gasteiger partial charge in [-0.05, 0) is 29.8 Å². The first-order valence-electron chi connectivity index (χ1n) is 11.5. The SMILES string of the molecule is O=C(Nc1ccc(N2CCN(Cc3ccccc3)CC2)cc1)c1cnc(-c2ccccc2)nc1. The molecule has 3 aromatic carbocycles. The number of carbonyl (C=O) groups excluding carboxylic acids is 1. The van der Waals surface area contributed by atoms with Crippen LogP contribution >= 0.6 is 0 Å². The van der Waals surface area contributed by atoms with E-state index in [4.69, 9.17) is 0 Å². The molecule has 1 aliphatic rings. The van der Waals surface area contributed by atoms with Crippen LogP contribution in [0.5, 0.6) is 0 Å². The lowest BCUT2D eigenvalue weighted by Gasteiger charge is -2.36. The Kier molecular flexibility index (Phi) is 6.59.